The summed E-state index contributed by atoms with van der Waals surface area (Å²) >= 11 is 6.00. The van der Waals surface area contributed by atoms with Gasteiger partial charge < -0.3 is 14.7 Å². The van der Waals surface area contributed by atoms with Gasteiger partial charge in [-0.2, -0.15) is 0 Å². The summed E-state index contributed by atoms with van der Waals surface area (Å²) in [7, 11) is 1.74. The lowest BCUT2D eigenvalue weighted by Gasteiger charge is -2.34. The second-order valence-electron chi connectivity index (χ2n) is 4.80. The molecule has 1 N–H and O–H groups in total. The first kappa shape index (κ1) is 14.9. The largest absolute Gasteiger partial charge is 0.478 e. The number of anilines is 1. The third-order valence-corrected chi connectivity index (χ3v) is 3.75. The van der Waals surface area contributed by atoms with E-state index in [1.54, 1.807) is 19.3 Å². The van der Waals surface area contributed by atoms with E-state index in [0.29, 0.717) is 11.1 Å². The monoisotopic (exact) mass is 295 g/mol. The van der Waals surface area contributed by atoms with E-state index in [2.05, 4.69) is 4.90 Å². The molecule has 0 saturated carbocycles. The molecule has 1 aliphatic heterocycles. The average Bonchev–Trinajstić information content (AvgIpc) is 2.45. The lowest BCUT2D eigenvalue weighted by Crippen LogP contribution is -2.36. The number of piperidine rings is 1. The van der Waals surface area contributed by atoms with Crippen LogP contribution in [0, 0.1) is 0 Å². The molecule has 1 aromatic rings. The number of methoxy groups -OCH3 is 1. The summed E-state index contributed by atoms with van der Waals surface area (Å²) < 4.78 is 5.36. The fraction of sp³-hybridized carbons (Fsp3) is 0.400. The fourth-order valence-electron chi connectivity index (χ4n) is 2.44. The molecule has 1 aromatic carbocycles. The van der Waals surface area contributed by atoms with Crippen molar-refractivity contribution in [3.63, 3.8) is 0 Å². The first-order chi connectivity index (χ1) is 9.60. The summed E-state index contributed by atoms with van der Waals surface area (Å²) in [5.41, 5.74) is 1.84. The summed E-state index contributed by atoms with van der Waals surface area (Å²) in [5, 5.41) is 9.36. The number of carboxylic acids is 1. The highest BCUT2D eigenvalue weighted by atomic mass is 35.5. The van der Waals surface area contributed by atoms with E-state index in [-0.39, 0.29) is 0 Å². The number of carbonyl (C=O) groups is 1. The minimum atomic E-state index is -0.964. The van der Waals surface area contributed by atoms with Crippen LogP contribution in [-0.2, 0) is 9.53 Å². The van der Waals surface area contributed by atoms with Crippen molar-refractivity contribution in [2.75, 3.05) is 25.1 Å². The lowest BCUT2D eigenvalue weighted by molar-refractivity contribution is -0.131. The Balaban J connectivity index is 2.20. The maximum atomic E-state index is 10.7. The molecule has 0 bridgehead atoms. The molecule has 108 valence electrons. The van der Waals surface area contributed by atoms with Crippen LogP contribution in [-0.4, -0.2) is 37.4 Å². The van der Waals surface area contributed by atoms with Gasteiger partial charge in [-0.25, -0.2) is 4.79 Å². The second-order valence-corrected chi connectivity index (χ2v) is 5.23. The third-order valence-electron chi connectivity index (χ3n) is 3.51. The van der Waals surface area contributed by atoms with Crippen LogP contribution in [0.5, 0.6) is 0 Å². The molecule has 0 atom stereocenters. The highest BCUT2D eigenvalue weighted by molar-refractivity contribution is 6.30. The number of halogens is 1. The standard InChI is InChI=1S/C15H18ClNO3/c1-20-13-6-8-17(9-7-13)14-4-3-12(16)10-11(14)2-5-15(18)19/h2-5,10,13H,6-9H2,1H3,(H,18,19)/b5-2+. The van der Waals surface area contributed by atoms with Crippen molar-refractivity contribution in [3.05, 3.63) is 34.9 Å². The molecule has 20 heavy (non-hydrogen) atoms. The highest BCUT2D eigenvalue weighted by Crippen LogP contribution is 2.28. The fourth-order valence-corrected chi connectivity index (χ4v) is 2.62. The van der Waals surface area contributed by atoms with Gasteiger partial charge in [-0.1, -0.05) is 11.6 Å². The van der Waals surface area contributed by atoms with Gasteiger partial charge in [0.15, 0.2) is 0 Å². The number of rotatable bonds is 4. The molecule has 1 fully saturated rings. The van der Waals surface area contributed by atoms with E-state index >= 15 is 0 Å². The highest BCUT2D eigenvalue weighted by Gasteiger charge is 2.20. The normalized spacial score (nSPS) is 16.8. The van der Waals surface area contributed by atoms with Crippen molar-refractivity contribution in [2.45, 2.75) is 18.9 Å². The quantitative estimate of drug-likeness (QED) is 0.868. The molecule has 2 rings (SSSR count). The maximum absolute atomic E-state index is 10.7. The average molecular weight is 296 g/mol. The van der Waals surface area contributed by atoms with Crippen LogP contribution in [0.3, 0.4) is 0 Å². The van der Waals surface area contributed by atoms with Gasteiger partial charge in [-0.15, -0.1) is 0 Å². The molecule has 0 radical (unpaired) electrons. The van der Waals surface area contributed by atoms with Crippen molar-refractivity contribution in [1.82, 2.24) is 0 Å². The van der Waals surface area contributed by atoms with Crippen molar-refractivity contribution in [2.24, 2.45) is 0 Å². The van der Waals surface area contributed by atoms with Crippen LogP contribution in [0.1, 0.15) is 18.4 Å². The molecular formula is C15H18ClNO3. The van der Waals surface area contributed by atoms with Crippen LogP contribution in [0.2, 0.25) is 5.02 Å². The number of ether oxygens (including phenoxy) is 1. The minimum Gasteiger partial charge on any atom is -0.478 e. The number of benzene rings is 1. The van der Waals surface area contributed by atoms with Crippen LogP contribution < -0.4 is 4.90 Å². The van der Waals surface area contributed by atoms with E-state index in [1.165, 1.54) is 0 Å². The van der Waals surface area contributed by atoms with E-state index in [0.717, 1.165) is 43.3 Å². The molecule has 0 unspecified atom stereocenters. The number of aliphatic carboxylic acids is 1. The zero-order chi connectivity index (χ0) is 14.5. The Morgan fingerprint density at radius 2 is 2.15 bits per heavy atom. The van der Waals surface area contributed by atoms with Crippen molar-refractivity contribution < 1.29 is 14.6 Å². The summed E-state index contributed by atoms with van der Waals surface area (Å²) in [4.78, 5) is 12.9. The van der Waals surface area contributed by atoms with Gasteiger partial charge in [-0.3, -0.25) is 0 Å². The first-order valence-corrected chi connectivity index (χ1v) is 6.96. The molecular weight excluding hydrogens is 278 g/mol. The van der Waals surface area contributed by atoms with Crippen LogP contribution in [0.4, 0.5) is 5.69 Å². The molecule has 0 aromatic heterocycles. The topological polar surface area (TPSA) is 49.8 Å². The van der Waals surface area contributed by atoms with Gasteiger partial charge in [0.1, 0.15) is 0 Å². The molecule has 0 amide bonds. The van der Waals surface area contributed by atoms with Crippen LogP contribution in [0.25, 0.3) is 6.08 Å². The summed E-state index contributed by atoms with van der Waals surface area (Å²) in [6.07, 6.45) is 4.99. The Morgan fingerprint density at radius 1 is 1.45 bits per heavy atom. The van der Waals surface area contributed by atoms with E-state index in [9.17, 15) is 4.79 Å². The van der Waals surface area contributed by atoms with Crippen molar-refractivity contribution in [3.8, 4) is 0 Å². The van der Waals surface area contributed by atoms with Gasteiger partial charge in [-0.05, 0) is 42.7 Å². The Bertz CT molecular complexity index is 508. The smallest absolute Gasteiger partial charge is 0.328 e. The molecule has 5 heteroatoms. The van der Waals surface area contributed by atoms with Gasteiger partial charge in [0, 0.05) is 37.0 Å². The Hall–Kier alpha value is -1.52. The number of hydrogen-bond acceptors (Lipinski definition) is 3. The zero-order valence-corrected chi connectivity index (χ0v) is 12.1. The molecule has 1 aliphatic rings. The van der Waals surface area contributed by atoms with E-state index < -0.39 is 5.97 Å². The van der Waals surface area contributed by atoms with E-state index in [1.807, 2.05) is 12.1 Å². The first-order valence-electron chi connectivity index (χ1n) is 6.58. The van der Waals surface area contributed by atoms with E-state index in [4.69, 9.17) is 21.4 Å². The molecule has 1 heterocycles. The van der Waals surface area contributed by atoms with Crippen molar-refractivity contribution >= 4 is 29.3 Å². The van der Waals surface area contributed by atoms with Gasteiger partial charge in [0.2, 0.25) is 0 Å². The predicted molar refractivity (Wildman–Crippen MR) is 80.4 cm³/mol. The van der Waals surface area contributed by atoms with Gasteiger partial charge in [0.05, 0.1) is 6.10 Å². The zero-order valence-electron chi connectivity index (χ0n) is 11.4. The second kappa shape index (κ2) is 6.77. The molecule has 0 spiro atoms. The number of carboxylic acid groups (broad SMARTS) is 1. The Morgan fingerprint density at radius 3 is 2.75 bits per heavy atom. The van der Waals surface area contributed by atoms with Crippen LogP contribution in [0.15, 0.2) is 24.3 Å². The third kappa shape index (κ3) is 3.74. The maximum Gasteiger partial charge on any atom is 0.328 e. The van der Waals surface area contributed by atoms with Gasteiger partial charge >= 0.3 is 5.97 Å². The molecule has 1 saturated heterocycles. The SMILES string of the molecule is COC1CCN(c2ccc(Cl)cc2/C=C/C(=O)O)CC1. The predicted octanol–water partition coefficient (Wildman–Crippen LogP) is 3.05. The minimum absolute atomic E-state index is 0.316. The lowest BCUT2D eigenvalue weighted by atomic mass is 10.0. The number of nitrogens with zero attached hydrogens (tertiary/aromatic N) is 1. The summed E-state index contributed by atoms with van der Waals surface area (Å²) in [6.45, 7) is 1.79. The number of hydrogen-bond donors (Lipinski definition) is 1. The Labute approximate surface area is 123 Å². The van der Waals surface area contributed by atoms with Crippen LogP contribution >= 0.6 is 11.6 Å². The molecule has 4 nitrogen and oxygen atoms in total. The summed E-state index contributed by atoms with van der Waals surface area (Å²) in [5.74, 6) is -0.964. The van der Waals surface area contributed by atoms with Crippen molar-refractivity contribution in [1.29, 1.82) is 0 Å². The van der Waals surface area contributed by atoms with Gasteiger partial charge in [0.25, 0.3) is 0 Å². The Kier molecular flexibility index (Phi) is 5.04. The molecule has 0 aliphatic carbocycles. The summed E-state index contributed by atoms with van der Waals surface area (Å²) in [6, 6.07) is 5.56.